The van der Waals surface area contributed by atoms with E-state index in [4.69, 9.17) is 11.6 Å². The van der Waals surface area contributed by atoms with Crippen molar-refractivity contribution in [3.63, 3.8) is 0 Å². The SMILES string of the molecule is Oc1c(C(Nc2cccc(Cl)c2)c2cccc[nH+]2)ccc2cccnc12. The lowest BCUT2D eigenvalue weighted by Crippen LogP contribution is -2.21. The van der Waals surface area contributed by atoms with E-state index in [0.717, 1.165) is 22.3 Å². The summed E-state index contributed by atoms with van der Waals surface area (Å²) in [5, 5.41) is 15.9. The highest BCUT2D eigenvalue weighted by atomic mass is 35.5. The van der Waals surface area contributed by atoms with Gasteiger partial charge in [-0.25, -0.2) is 4.98 Å². The Hall–Kier alpha value is -3.11. The molecular weight excluding hydrogens is 346 g/mol. The van der Waals surface area contributed by atoms with Crippen molar-refractivity contribution < 1.29 is 10.1 Å². The molecule has 0 radical (unpaired) electrons. The largest absolute Gasteiger partial charge is 0.505 e. The first-order valence-electron chi connectivity index (χ1n) is 8.28. The summed E-state index contributed by atoms with van der Waals surface area (Å²) in [6.07, 6.45) is 3.54. The highest BCUT2D eigenvalue weighted by molar-refractivity contribution is 6.30. The minimum Gasteiger partial charge on any atom is -0.505 e. The molecule has 0 aliphatic carbocycles. The summed E-state index contributed by atoms with van der Waals surface area (Å²) < 4.78 is 0. The van der Waals surface area contributed by atoms with Crippen LogP contribution in [0.15, 0.2) is 79.1 Å². The molecule has 0 saturated heterocycles. The molecule has 128 valence electrons. The molecule has 0 bridgehead atoms. The third-order valence-electron chi connectivity index (χ3n) is 4.27. The summed E-state index contributed by atoms with van der Waals surface area (Å²) in [5.74, 6) is 0.167. The topological polar surface area (TPSA) is 59.3 Å². The summed E-state index contributed by atoms with van der Waals surface area (Å²) in [6, 6.07) is 20.7. The Kier molecular flexibility index (Phi) is 4.42. The van der Waals surface area contributed by atoms with Crippen LogP contribution in [0.4, 0.5) is 5.69 Å². The maximum absolute atomic E-state index is 10.9. The Morgan fingerprint density at radius 3 is 2.73 bits per heavy atom. The van der Waals surface area contributed by atoms with Crippen LogP contribution in [0.2, 0.25) is 5.02 Å². The molecule has 4 nitrogen and oxygen atoms in total. The van der Waals surface area contributed by atoms with Gasteiger partial charge in [0.05, 0.1) is 0 Å². The van der Waals surface area contributed by atoms with Crippen molar-refractivity contribution in [1.82, 2.24) is 4.98 Å². The number of pyridine rings is 2. The normalized spacial score (nSPS) is 12.0. The quantitative estimate of drug-likeness (QED) is 0.557. The number of aromatic amines is 1. The number of hydrogen-bond acceptors (Lipinski definition) is 3. The van der Waals surface area contributed by atoms with E-state index in [1.807, 2.05) is 72.9 Å². The molecule has 2 heterocycles. The highest BCUT2D eigenvalue weighted by Crippen LogP contribution is 2.35. The van der Waals surface area contributed by atoms with Crippen molar-refractivity contribution in [2.24, 2.45) is 0 Å². The van der Waals surface area contributed by atoms with Crippen molar-refractivity contribution in [3.8, 4) is 5.75 Å². The zero-order valence-electron chi connectivity index (χ0n) is 13.9. The summed E-state index contributed by atoms with van der Waals surface area (Å²) in [6.45, 7) is 0. The predicted octanol–water partition coefficient (Wildman–Crippen LogP) is 4.61. The number of hydrogen-bond donors (Lipinski definition) is 2. The van der Waals surface area contributed by atoms with Gasteiger partial charge in [-0.15, -0.1) is 0 Å². The van der Waals surface area contributed by atoms with E-state index in [9.17, 15) is 5.11 Å². The molecule has 2 aromatic heterocycles. The Morgan fingerprint density at radius 1 is 1.00 bits per heavy atom. The first kappa shape index (κ1) is 16.4. The molecule has 4 rings (SSSR count). The molecule has 1 unspecified atom stereocenters. The molecule has 0 fully saturated rings. The van der Waals surface area contributed by atoms with Crippen molar-refractivity contribution in [1.29, 1.82) is 0 Å². The number of anilines is 1. The second-order valence-electron chi connectivity index (χ2n) is 5.98. The van der Waals surface area contributed by atoms with Gasteiger partial charge in [0.15, 0.2) is 6.20 Å². The van der Waals surface area contributed by atoms with Gasteiger partial charge in [0, 0.05) is 40.0 Å². The number of benzene rings is 2. The fourth-order valence-electron chi connectivity index (χ4n) is 3.03. The average Bonchev–Trinajstić information content (AvgIpc) is 2.68. The van der Waals surface area contributed by atoms with Crippen LogP contribution in [0.3, 0.4) is 0 Å². The summed E-state index contributed by atoms with van der Waals surface area (Å²) in [4.78, 5) is 7.58. The Labute approximate surface area is 156 Å². The van der Waals surface area contributed by atoms with E-state index in [2.05, 4.69) is 15.3 Å². The number of rotatable bonds is 4. The second-order valence-corrected chi connectivity index (χ2v) is 6.42. The van der Waals surface area contributed by atoms with Crippen molar-refractivity contribution in [3.05, 3.63) is 95.4 Å². The fourth-order valence-corrected chi connectivity index (χ4v) is 3.22. The number of fused-ring (bicyclic) bond motifs is 1. The number of phenols is 1. The monoisotopic (exact) mass is 362 g/mol. The molecule has 0 spiro atoms. The maximum Gasteiger partial charge on any atom is 0.206 e. The molecule has 4 aromatic rings. The molecule has 1 atom stereocenters. The summed E-state index contributed by atoms with van der Waals surface area (Å²) in [7, 11) is 0. The van der Waals surface area contributed by atoms with Gasteiger partial charge >= 0.3 is 0 Å². The minimum absolute atomic E-state index is 0.167. The lowest BCUT2D eigenvalue weighted by molar-refractivity contribution is -0.391. The smallest absolute Gasteiger partial charge is 0.206 e. The molecule has 2 aromatic carbocycles. The number of halogens is 1. The van der Waals surface area contributed by atoms with Crippen molar-refractivity contribution in [2.75, 3.05) is 5.32 Å². The molecule has 0 aliphatic rings. The predicted molar refractivity (Wildman–Crippen MR) is 103 cm³/mol. The lowest BCUT2D eigenvalue weighted by atomic mass is 9.99. The lowest BCUT2D eigenvalue weighted by Gasteiger charge is -2.19. The zero-order valence-corrected chi connectivity index (χ0v) is 14.6. The zero-order chi connectivity index (χ0) is 17.9. The molecule has 26 heavy (non-hydrogen) atoms. The molecule has 0 aliphatic heterocycles. The number of phenolic OH excluding ortho intramolecular Hbond substituents is 1. The van der Waals surface area contributed by atoms with Crippen LogP contribution in [-0.4, -0.2) is 10.1 Å². The number of aromatic nitrogens is 2. The molecule has 0 saturated carbocycles. The van der Waals surface area contributed by atoms with Gasteiger partial charge in [-0.2, -0.15) is 0 Å². The van der Waals surface area contributed by atoms with E-state index in [-0.39, 0.29) is 11.8 Å². The van der Waals surface area contributed by atoms with Gasteiger partial charge in [0.25, 0.3) is 0 Å². The Morgan fingerprint density at radius 2 is 1.92 bits per heavy atom. The van der Waals surface area contributed by atoms with Crippen LogP contribution in [-0.2, 0) is 0 Å². The summed E-state index contributed by atoms with van der Waals surface area (Å²) in [5.41, 5.74) is 3.09. The van der Waals surface area contributed by atoms with E-state index in [1.54, 1.807) is 6.20 Å². The number of H-pyrrole nitrogens is 1. The van der Waals surface area contributed by atoms with Gasteiger partial charge in [-0.05, 0) is 24.3 Å². The van der Waals surface area contributed by atoms with Crippen molar-refractivity contribution in [2.45, 2.75) is 6.04 Å². The molecular formula is C21H17ClN3O+. The van der Waals surface area contributed by atoms with E-state index in [1.165, 1.54) is 0 Å². The third-order valence-corrected chi connectivity index (χ3v) is 4.50. The fraction of sp³-hybridized carbons (Fsp3) is 0.0476. The van der Waals surface area contributed by atoms with Crippen molar-refractivity contribution >= 4 is 28.2 Å². The van der Waals surface area contributed by atoms with E-state index < -0.39 is 0 Å². The molecule has 5 heteroatoms. The molecule has 0 amide bonds. The van der Waals surface area contributed by atoms with Crippen LogP contribution in [0.1, 0.15) is 17.3 Å². The second kappa shape index (κ2) is 7.02. The van der Waals surface area contributed by atoms with E-state index >= 15 is 0 Å². The number of aromatic hydroxyl groups is 1. The van der Waals surface area contributed by atoms with Gasteiger partial charge in [-0.1, -0.05) is 41.9 Å². The standard InChI is InChI=1S/C21H16ClN3O/c22-15-6-3-7-16(13-15)25-20(18-8-1-2-11-23-18)17-10-9-14-5-4-12-24-19(14)21(17)26/h1-13,20,25-26H/p+1. The Balaban J connectivity index is 1.84. The first-order chi connectivity index (χ1) is 12.7. The van der Waals surface area contributed by atoms with E-state index in [0.29, 0.717) is 10.5 Å². The maximum atomic E-state index is 10.9. The van der Waals surface area contributed by atoms with Crippen LogP contribution in [0.5, 0.6) is 5.75 Å². The van der Waals surface area contributed by atoms with Crippen LogP contribution in [0, 0.1) is 0 Å². The number of nitrogens with zero attached hydrogens (tertiary/aromatic N) is 1. The van der Waals surface area contributed by atoms with Crippen LogP contribution < -0.4 is 10.3 Å². The third kappa shape index (κ3) is 3.19. The van der Waals surface area contributed by atoms with Crippen LogP contribution in [0.25, 0.3) is 10.9 Å². The Bertz CT molecular complexity index is 1050. The summed E-state index contributed by atoms with van der Waals surface area (Å²) >= 11 is 6.12. The minimum atomic E-state index is -0.291. The highest BCUT2D eigenvalue weighted by Gasteiger charge is 2.24. The average molecular weight is 363 g/mol. The van der Waals surface area contributed by atoms with Gasteiger partial charge < -0.3 is 10.4 Å². The van der Waals surface area contributed by atoms with Gasteiger partial charge in [-0.3, -0.25) is 4.98 Å². The van der Waals surface area contributed by atoms with Gasteiger partial charge in [0.1, 0.15) is 17.3 Å². The van der Waals surface area contributed by atoms with Gasteiger partial charge in [0.2, 0.25) is 5.69 Å². The molecule has 3 N–H and O–H groups in total. The van der Waals surface area contributed by atoms with Crippen LogP contribution >= 0.6 is 11.6 Å². The first-order valence-corrected chi connectivity index (χ1v) is 8.65. The number of nitrogens with one attached hydrogen (secondary N) is 2.